The van der Waals surface area contributed by atoms with Gasteiger partial charge in [0.05, 0.1) is 22.7 Å². The maximum absolute atomic E-state index is 13.5. The van der Waals surface area contributed by atoms with Crippen LogP contribution in [0.4, 0.5) is 26.3 Å². The van der Waals surface area contributed by atoms with Crippen molar-refractivity contribution in [1.82, 2.24) is 19.5 Å². The van der Waals surface area contributed by atoms with Crippen molar-refractivity contribution in [2.75, 3.05) is 0 Å². The van der Waals surface area contributed by atoms with Crippen LogP contribution < -0.4 is 4.74 Å². The fourth-order valence-electron chi connectivity index (χ4n) is 3.45. The Kier molecular flexibility index (Phi) is 6.54. The Bertz CT molecular complexity index is 1400. The monoisotopic (exact) mass is 526 g/mol. The molecule has 2 aromatic heterocycles. The first kappa shape index (κ1) is 25.3. The second-order valence-corrected chi connectivity index (χ2v) is 8.18. The first-order valence-electron chi connectivity index (χ1n) is 10.3. The van der Waals surface area contributed by atoms with Crippen molar-refractivity contribution in [3.63, 3.8) is 0 Å². The molecule has 0 N–H and O–H groups in total. The van der Waals surface area contributed by atoms with Crippen LogP contribution in [0.25, 0.3) is 11.4 Å². The molecule has 186 valence electrons. The van der Waals surface area contributed by atoms with Crippen LogP contribution in [-0.4, -0.2) is 25.7 Å². The third-order valence-corrected chi connectivity index (χ3v) is 5.59. The molecule has 7 nitrogen and oxygen atoms in total. The van der Waals surface area contributed by atoms with Gasteiger partial charge in [-0.3, -0.25) is 0 Å². The SMILES string of the molecule is N#Cc1nc(-c2ccccc2Oc2nc(C3CC3)c(Cl)c(C(F)(F)F)n2)n(CCC(F)(F)F)c1C#N. The normalized spacial score (nSPS) is 13.8. The van der Waals surface area contributed by atoms with E-state index < -0.39 is 53.4 Å². The summed E-state index contributed by atoms with van der Waals surface area (Å²) in [5.41, 5.74) is -2.19. The second-order valence-electron chi connectivity index (χ2n) is 7.80. The van der Waals surface area contributed by atoms with Gasteiger partial charge >= 0.3 is 18.4 Å². The molecular weight excluding hydrogens is 514 g/mol. The van der Waals surface area contributed by atoms with Crippen molar-refractivity contribution >= 4 is 11.6 Å². The van der Waals surface area contributed by atoms with E-state index in [1.807, 2.05) is 0 Å². The molecule has 1 aliphatic carbocycles. The Labute approximate surface area is 204 Å². The Hall–Kier alpha value is -3.84. The van der Waals surface area contributed by atoms with E-state index in [1.54, 1.807) is 12.1 Å². The van der Waals surface area contributed by atoms with Gasteiger partial charge in [0, 0.05) is 12.5 Å². The van der Waals surface area contributed by atoms with Gasteiger partial charge in [0.1, 0.15) is 23.7 Å². The lowest BCUT2D eigenvalue weighted by Crippen LogP contribution is -2.14. The van der Waals surface area contributed by atoms with E-state index in [9.17, 15) is 36.9 Å². The number of nitriles is 2. The summed E-state index contributed by atoms with van der Waals surface area (Å²) in [4.78, 5) is 11.4. The quantitative estimate of drug-likeness (QED) is 0.346. The van der Waals surface area contributed by atoms with Crippen LogP contribution in [0.5, 0.6) is 11.8 Å². The van der Waals surface area contributed by atoms with E-state index in [0.29, 0.717) is 12.8 Å². The van der Waals surface area contributed by atoms with E-state index in [4.69, 9.17) is 16.3 Å². The van der Waals surface area contributed by atoms with Crippen LogP contribution >= 0.6 is 11.6 Å². The maximum atomic E-state index is 13.5. The van der Waals surface area contributed by atoms with Crippen molar-refractivity contribution in [2.24, 2.45) is 0 Å². The number of para-hydroxylation sites is 1. The standard InChI is InChI=1S/C22H13ClF6N6O/c23-16-17(11-5-6-11)33-20(34-18(16)22(27,28)29)36-15-4-2-1-3-12(15)19-32-13(9-30)14(10-31)35(19)8-7-21(24,25)26/h1-4,11H,5-8H2. The molecule has 2 heterocycles. The van der Waals surface area contributed by atoms with Crippen LogP contribution in [0, 0.1) is 22.7 Å². The number of hydrogen-bond donors (Lipinski definition) is 0. The molecule has 1 aromatic carbocycles. The largest absolute Gasteiger partial charge is 0.435 e. The highest BCUT2D eigenvalue weighted by atomic mass is 35.5. The number of alkyl halides is 6. The van der Waals surface area contributed by atoms with Crippen molar-refractivity contribution in [3.8, 4) is 35.3 Å². The zero-order valence-corrected chi connectivity index (χ0v) is 18.7. The molecule has 1 aliphatic rings. The average Bonchev–Trinajstić information content (AvgIpc) is 3.58. The highest BCUT2D eigenvalue weighted by molar-refractivity contribution is 6.32. The van der Waals surface area contributed by atoms with Gasteiger partial charge in [-0.2, -0.15) is 46.8 Å². The zero-order valence-electron chi connectivity index (χ0n) is 18.0. The number of aromatic nitrogens is 4. The molecular formula is C22H13ClF6N6O. The van der Waals surface area contributed by atoms with Gasteiger partial charge < -0.3 is 9.30 Å². The van der Waals surface area contributed by atoms with Gasteiger partial charge in [-0.15, -0.1) is 0 Å². The van der Waals surface area contributed by atoms with Gasteiger partial charge in [0.25, 0.3) is 0 Å². The topological polar surface area (TPSA) is 100 Å². The summed E-state index contributed by atoms with van der Waals surface area (Å²) in [6.07, 6.45) is -9.60. The summed E-state index contributed by atoms with van der Waals surface area (Å²) < 4.78 is 85.8. The molecule has 0 amide bonds. The van der Waals surface area contributed by atoms with Gasteiger partial charge in [-0.05, 0) is 25.0 Å². The zero-order chi connectivity index (χ0) is 26.3. The van der Waals surface area contributed by atoms with Gasteiger partial charge in [0.15, 0.2) is 17.1 Å². The number of benzene rings is 1. The summed E-state index contributed by atoms with van der Waals surface area (Å²) in [6.45, 7) is -0.730. The molecule has 1 saturated carbocycles. The minimum absolute atomic E-state index is 0.0118. The molecule has 36 heavy (non-hydrogen) atoms. The molecule has 0 spiro atoms. The number of imidazole rings is 1. The molecule has 4 rings (SSSR count). The lowest BCUT2D eigenvalue weighted by atomic mass is 10.2. The highest BCUT2D eigenvalue weighted by Gasteiger charge is 2.40. The van der Waals surface area contributed by atoms with Crippen molar-refractivity contribution < 1.29 is 31.1 Å². The van der Waals surface area contributed by atoms with E-state index >= 15 is 0 Å². The molecule has 0 unspecified atom stereocenters. The van der Waals surface area contributed by atoms with Gasteiger partial charge in [0.2, 0.25) is 0 Å². The molecule has 0 aliphatic heterocycles. The number of ether oxygens (including phenoxy) is 1. The summed E-state index contributed by atoms with van der Waals surface area (Å²) in [5, 5.41) is 18.1. The lowest BCUT2D eigenvalue weighted by Gasteiger charge is -2.15. The van der Waals surface area contributed by atoms with Crippen LogP contribution in [0.15, 0.2) is 24.3 Å². The fourth-order valence-corrected chi connectivity index (χ4v) is 3.79. The van der Waals surface area contributed by atoms with Gasteiger partial charge in [-0.1, -0.05) is 23.7 Å². The second kappa shape index (κ2) is 9.32. The Morgan fingerprint density at radius 2 is 1.72 bits per heavy atom. The molecule has 0 atom stereocenters. The molecule has 0 radical (unpaired) electrons. The molecule has 0 bridgehead atoms. The van der Waals surface area contributed by atoms with E-state index in [1.165, 1.54) is 24.3 Å². The van der Waals surface area contributed by atoms with Crippen molar-refractivity contribution in [2.45, 2.75) is 44.1 Å². The molecule has 1 fully saturated rings. The van der Waals surface area contributed by atoms with Crippen LogP contribution in [-0.2, 0) is 12.7 Å². The molecule has 3 aromatic rings. The summed E-state index contributed by atoms with van der Waals surface area (Å²) in [5.74, 6) is -0.644. The Morgan fingerprint density at radius 3 is 2.31 bits per heavy atom. The fraction of sp³-hybridized carbons (Fsp3) is 0.318. The predicted octanol–water partition coefficient (Wildman–Crippen LogP) is 6.38. The number of halogens is 7. The maximum Gasteiger partial charge on any atom is 0.435 e. The minimum Gasteiger partial charge on any atom is -0.423 e. The highest BCUT2D eigenvalue weighted by Crippen LogP contribution is 2.46. The van der Waals surface area contributed by atoms with Crippen LogP contribution in [0.1, 0.15) is 48.0 Å². The smallest absolute Gasteiger partial charge is 0.423 e. The number of hydrogen-bond acceptors (Lipinski definition) is 6. The first-order valence-corrected chi connectivity index (χ1v) is 10.7. The first-order chi connectivity index (χ1) is 16.9. The Morgan fingerprint density at radius 1 is 1.03 bits per heavy atom. The van der Waals surface area contributed by atoms with Gasteiger partial charge in [-0.25, -0.2) is 4.98 Å². The van der Waals surface area contributed by atoms with E-state index in [2.05, 4.69) is 15.0 Å². The van der Waals surface area contributed by atoms with Crippen molar-refractivity contribution in [1.29, 1.82) is 10.5 Å². The number of nitrogens with zero attached hydrogens (tertiary/aromatic N) is 6. The van der Waals surface area contributed by atoms with Crippen LogP contribution in [0.2, 0.25) is 5.02 Å². The van der Waals surface area contributed by atoms with E-state index in [-0.39, 0.29) is 28.7 Å². The predicted molar refractivity (Wildman–Crippen MR) is 112 cm³/mol. The average molecular weight is 527 g/mol. The summed E-state index contributed by atoms with van der Waals surface area (Å²) in [6, 6.07) is 8.28. The van der Waals surface area contributed by atoms with E-state index in [0.717, 1.165) is 4.57 Å². The summed E-state index contributed by atoms with van der Waals surface area (Å²) in [7, 11) is 0. The molecule has 0 saturated heterocycles. The third kappa shape index (κ3) is 5.21. The third-order valence-electron chi connectivity index (χ3n) is 5.22. The van der Waals surface area contributed by atoms with Crippen molar-refractivity contribution in [3.05, 3.63) is 52.1 Å². The molecule has 14 heteroatoms. The minimum atomic E-state index is -4.89. The lowest BCUT2D eigenvalue weighted by molar-refractivity contribution is -0.141. The van der Waals surface area contributed by atoms with Crippen LogP contribution in [0.3, 0.4) is 0 Å². The summed E-state index contributed by atoms with van der Waals surface area (Å²) >= 11 is 5.91. The Balaban J connectivity index is 1.81. The number of rotatable bonds is 6.